The lowest BCUT2D eigenvalue weighted by atomic mass is 9.98. The molecule has 0 amide bonds. The highest BCUT2D eigenvalue weighted by Crippen LogP contribution is 2.23. The second-order valence-electron chi connectivity index (χ2n) is 5.53. The summed E-state index contributed by atoms with van der Waals surface area (Å²) in [5.74, 6) is 0.542. The molecule has 0 saturated heterocycles. The van der Waals surface area contributed by atoms with Crippen molar-refractivity contribution in [3.05, 3.63) is 65.0 Å². The Hall–Kier alpha value is -1.87. The van der Waals surface area contributed by atoms with Gasteiger partial charge < -0.3 is 9.84 Å². The highest BCUT2D eigenvalue weighted by molar-refractivity contribution is 5.32. The molecule has 3 heteroatoms. The summed E-state index contributed by atoms with van der Waals surface area (Å²) in [6.45, 7) is 5.80. The van der Waals surface area contributed by atoms with E-state index in [-0.39, 0.29) is 11.9 Å². The maximum absolute atomic E-state index is 13.1. The molecule has 0 heterocycles. The van der Waals surface area contributed by atoms with Crippen molar-refractivity contribution >= 4 is 0 Å². The Labute approximate surface area is 125 Å². The minimum absolute atomic E-state index is 0.127. The molecule has 21 heavy (non-hydrogen) atoms. The summed E-state index contributed by atoms with van der Waals surface area (Å²) < 4.78 is 18.7. The summed E-state index contributed by atoms with van der Waals surface area (Å²) in [7, 11) is 0. The Morgan fingerprint density at radius 3 is 2.33 bits per heavy atom. The van der Waals surface area contributed by atoms with E-state index >= 15 is 0 Å². The predicted octanol–water partition coefficient (Wildman–Crippen LogP) is 4.20. The fraction of sp³-hybridized carbons (Fsp3) is 0.333. The van der Waals surface area contributed by atoms with Crippen LogP contribution in [0.2, 0.25) is 0 Å². The highest BCUT2D eigenvalue weighted by Gasteiger charge is 2.11. The van der Waals surface area contributed by atoms with Crippen molar-refractivity contribution in [2.24, 2.45) is 0 Å². The first-order valence-electron chi connectivity index (χ1n) is 7.15. The lowest BCUT2D eigenvalue weighted by Crippen LogP contribution is -2.06. The van der Waals surface area contributed by atoms with Gasteiger partial charge in [-0.3, -0.25) is 0 Å². The van der Waals surface area contributed by atoms with Gasteiger partial charge >= 0.3 is 0 Å². The van der Waals surface area contributed by atoms with Crippen LogP contribution < -0.4 is 4.74 Å². The Kier molecular flexibility index (Phi) is 4.97. The van der Waals surface area contributed by atoms with Crippen molar-refractivity contribution in [3.63, 3.8) is 0 Å². The highest BCUT2D eigenvalue weighted by atomic mass is 19.1. The molecular weight excluding hydrogens is 267 g/mol. The van der Waals surface area contributed by atoms with Crippen molar-refractivity contribution < 1.29 is 14.2 Å². The maximum Gasteiger partial charge on any atom is 0.123 e. The molecule has 0 bridgehead atoms. The quantitative estimate of drug-likeness (QED) is 0.893. The lowest BCUT2D eigenvalue weighted by molar-refractivity contribution is 0.178. The minimum Gasteiger partial charge on any atom is -0.491 e. The summed E-state index contributed by atoms with van der Waals surface area (Å²) in [5.41, 5.74) is 2.63. The molecule has 0 fully saturated rings. The lowest BCUT2D eigenvalue weighted by Gasteiger charge is -2.14. The smallest absolute Gasteiger partial charge is 0.123 e. The third-order valence-electron chi connectivity index (χ3n) is 3.35. The first kappa shape index (κ1) is 15.5. The van der Waals surface area contributed by atoms with E-state index in [4.69, 9.17) is 4.74 Å². The summed E-state index contributed by atoms with van der Waals surface area (Å²) in [6.07, 6.45) is -0.0128. The summed E-state index contributed by atoms with van der Waals surface area (Å²) in [4.78, 5) is 0. The second-order valence-corrected chi connectivity index (χ2v) is 5.53. The second kappa shape index (κ2) is 6.72. The average molecular weight is 288 g/mol. The minimum atomic E-state index is -0.609. The largest absolute Gasteiger partial charge is 0.491 e. The average Bonchev–Trinajstić information content (AvgIpc) is 2.42. The summed E-state index contributed by atoms with van der Waals surface area (Å²) in [5, 5.41) is 10.3. The van der Waals surface area contributed by atoms with E-state index in [2.05, 4.69) is 0 Å². The first-order valence-corrected chi connectivity index (χ1v) is 7.15. The third-order valence-corrected chi connectivity index (χ3v) is 3.35. The Morgan fingerprint density at radius 1 is 1.10 bits per heavy atom. The molecular formula is C18H21FO2. The molecule has 2 rings (SSSR count). The SMILES string of the molecule is Cc1cc(F)ccc1CC(O)c1ccc(OC(C)C)cc1. The third kappa shape index (κ3) is 4.30. The van der Waals surface area contributed by atoms with Crippen LogP contribution in [-0.2, 0) is 6.42 Å². The number of rotatable bonds is 5. The molecule has 0 spiro atoms. The monoisotopic (exact) mass is 288 g/mol. The van der Waals surface area contributed by atoms with Gasteiger partial charge in [0.05, 0.1) is 12.2 Å². The van der Waals surface area contributed by atoms with Gasteiger partial charge in [-0.2, -0.15) is 0 Å². The van der Waals surface area contributed by atoms with Gasteiger partial charge in [-0.15, -0.1) is 0 Å². The van der Waals surface area contributed by atoms with Gasteiger partial charge in [0.1, 0.15) is 11.6 Å². The van der Waals surface area contributed by atoms with Gasteiger partial charge in [-0.25, -0.2) is 4.39 Å². The number of benzene rings is 2. The first-order chi connectivity index (χ1) is 9.95. The molecule has 2 aromatic carbocycles. The number of aliphatic hydroxyl groups excluding tert-OH is 1. The molecule has 0 aliphatic rings. The van der Waals surface area contributed by atoms with Crippen LogP contribution in [0, 0.1) is 12.7 Å². The van der Waals surface area contributed by atoms with E-state index in [0.29, 0.717) is 6.42 Å². The van der Waals surface area contributed by atoms with E-state index < -0.39 is 6.10 Å². The molecule has 0 radical (unpaired) electrons. The molecule has 0 aliphatic carbocycles. The predicted molar refractivity (Wildman–Crippen MR) is 82.0 cm³/mol. The van der Waals surface area contributed by atoms with Crippen molar-refractivity contribution in [3.8, 4) is 5.75 Å². The van der Waals surface area contributed by atoms with Crippen molar-refractivity contribution in [2.45, 2.75) is 39.4 Å². The Bertz CT molecular complexity index is 591. The van der Waals surface area contributed by atoms with Crippen LogP contribution in [0.4, 0.5) is 4.39 Å². The molecule has 112 valence electrons. The Morgan fingerprint density at radius 2 is 1.76 bits per heavy atom. The fourth-order valence-corrected chi connectivity index (χ4v) is 2.26. The molecule has 0 aromatic heterocycles. The number of hydrogen-bond acceptors (Lipinski definition) is 2. The van der Waals surface area contributed by atoms with Gasteiger partial charge in [-0.1, -0.05) is 18.2 Å². The molecule has 2 nitrogen and oxygen atoms in total. The van der Waals surface area contributed by atoms with Gasteiger partial charge in [0.25, 0.3) is 0 Å². The molecule has 0 aliphatic heterocycles. The van der Waals surface area contributed by atoms with E-state index in [0.717, 1.165) is 22.4 Å². The van der Waals surface area contributed by atoms with Crippen molar-refractivity contribution in [1.29, 1.82) is 0 Å². The number of ether oxygens (including phenoxy) is 1. The van der Waals surface area contributed by atoms with Crippen molar-refractivity contribution in [2.75, 3.05) is 0 Å². The number of aliphatic hydroxyl groups is 1. The molecule has 0 saturated carbocycles. The van der Waals surface area contributed by atoms with Gasteiger partial charge in [-0.05, 0) is 61.7 Å². The van der Waals surface area contributed by atoms with Crippen LogP contribution in [0.1, 0.15) is 36.6 Å². The van der Waals surface area contributed by atoms with E-state index in [1.165, 1.54) is 12.1 Å². The molecule has 2 aromatic rings. The van der Waals surface area contributed by atoms with Crippen molar-refractivity contribution in [1.82, 2.24) is 0 Å². The molecule has 1 atom stereocenters. The number of aryl methyl sites for hydroxylation is 1. The van der Waals surface area contributed by atoms with Gasteiger partial charge in [0.15, 0.2) is 0 Å². The standard InChI is InChI=1S/C18H21FO2/c1-12(2)21-17-8-5-14(6-9-17)18(20)11-15-4-7-16(19)10-13(15)3/h4-10,12,18,20H,11H2,1-3H3. The van der Waals surface area contributed by atoms with Crippen LogP contribution in [-0.4, -0.2) is 11.2 Å². The number of halogens is 1. The summed E-state index contributed by atoms with van der Waals surface area (Å²) >= 11 is 0. The van der Waals surface area contributed by atoms with Gasteiger partial charge in [0.2, 0.25) is 0 Å². The van der Waals surface area contributed by atoms with Crippen LogP contribution >= 0.6 is 0 Å². The van der Waals surface area contributed by atoms with E-state index in [1.54, 1.807) is 6.07 Å². The van der Waals surface area contributed by atoms with Crippen LogP contribution in [0.5, 0.6) is 5.75 Å². The van der Waals surface area contributed by atoms with E-state index in [1.807, 2.05) is 45.0 Å². The Balaban J connectivity index is 2.07. The zero-order chi connectivity index (χ0) is 15.4. The zero-order valence-electron chi connectivity index (χ0n) is 12.6. The van der Waals surface area contributed by atoms with Crippen LogP contribution in [0.15, 0.2) is 42.5 Å². The van der Waals surface area contributed by atoms with Gasteiger partial charge in [0, 0.05) is 6.42 Å². The normalized spacial score (nSPS) is 12.5. The van der Waals surface area contributed by atoms with E-state index in [9.17, 15) is 9.50 Å². The maximum atomic E-state index is 13.1. The topological polar surface area (TPSA) is 29.5 Å². The molecule has 1 N–H and O–H groups in total. The van der Waals surface area contributed by atoms with Crippen LogP contribution in [0.3, 0.4) is 0 Å². The fourth-order valence-electron chi connectivity index (χ4n) is 2.26. The van der Waals surface area contributed by atoms with Crippen LogP contribution in [0.25, 0.3) is 0 Å². The number of hydrogen-bond donors (Lipinski definition) is 1. The summed E-state index contributed by atoms with van der Waals surface area (Å²) in [6, 6.07) is 12.1. The zero-order valence-corrected chi connectivity index (χ0v) is 12.6. The molecule has 1 unspecified atom stereocenters.